The molecule has 5 nitrogen and oxygen atoms in total. The summed E-state index contributed by atoms with van der Waals surface area (Å²) in [4.78, 5) is 19.4. The molecule has 0 saturated heterocycles. The van der Waals surface area contributed by atoms with Gasteiger partial charge in [0.05, 0.1) is 23.3 Å². The summed E-state index contributed by atoms with van der Waals surface area (Å²) in [6.45, 7) is 4.28. The van der Waals surface area contributed by atoms with Gasteiger partial charge in [-0.05, 0) is 12.1 Å². The van der Waals surface area contributed by atoms with Gasteiger partial charge in [0.25, 0.3) is 0 Å². The van der Waals surface area contributed by atoms with Crippen LogP contribution in [0.2, 0.25) is 5.02 Å². The number of methoxy groups -OCH3 is 1. The normalized spacial score (nSPS) is 10.5. The molecule has 23 heavy (non-hydrogen) atoms. The van der Waals surface area contributed by atoms with E-state index in [1.54, 1.807) is 0 Å². The third-order valence-electron chi connectivity index (χ3n) is 3.04. The Balaban J connectivity index is 2.76. The second-order valence-corrected chi connectivity index (χ2v) is 4.97. The molecule has 0 aliphatic carbocycles. The van der Waals surface area contributed by atoms with Crippen LogP contribution in [0.25, 0.3) is 17.2 Å². The molecular weight excluding hydrogens is 328 g/mol. The highest BCUT2D eigenvalue weighted by atomic mass is 35.5. The summed E-state index contributed by atoms with van der Waals surface area (Å²) in [5, 5.41) is 0.0577. The fourth-order valence-corrected chi connectivity index (χ4v) is 2.24. The number of aromatic nitrogens is 2. The minimum atomic E-state index is -0.951. The lowest BCUT2D eigenvalue weighted by atomic mass is 10.1. The predicted molar refractivity (Wildman–Crippen MR) is 83.5 cm³/mol. The van der Waals surface area contributed by atoms with Crippen LogP contribution in [-0.2, 0) is 0 Å². The molecule has 0 aliphatic rings. The highest BCUT2D eigenvalue weighted by molar-refractivity contribution is 6.32. The molecule has 0 spiro atoms. The average Bonchev–Trinajstić information content (AvgIpc) is 2.46. The zero-order valence-corrected chi connectivity index (χ0v) is 13.0. The summed E-state index contributed by atoms with van der Waals surface area (Å²) in [6, 6.07) is 2.69. The first-order chi connectivity index (χ1) is 10.8. The van der Waals surface area contributed by atoms with Crippen LogP contribution in [0, 0.1) is 5.82 Å². The largest absolute Gasteiger partial charge is 0.492 e. The number of halogens is 3. The predicted octanol–water partition coefficient (Wildman–Crippen LogP) is 3.67. The van der Waals surface area contributed by atoms with Crippen molar-refractivity contribution in [1.29, 1.82) is 0 Å². The molecule has 0 amide bonds. The first-order valence-corrected chi connectivity index (χ1v) is 6.71. The number of hydrogen-bond donors (Lipinski definition) is 1. The summed E-state index contributed by atoms with van der Waals surface area (Å²) < 4.78 is 32.8. The minimum absolute atomic E-state index is 0.0577. The lowest BCUT2D eigenvalue weighted by Gasteiger charge is -2.12. The Hall–Kier alpha value is -2.54. The van der Waals surface area contributed by atoms with Crippen LogP contribution in [0.5, 0.6) is 5.75 Å². The summed E-state index contributed by atoms with van der Waals surface area (Å²) in [7, 11) is 1.25. The number of nitrogens with two attached hydrogens (primary N) is 1. The van der Waals surface area contributed by atoms with E-state index in [2.05, 4.69) is 16.5 Å². The van der Waals surface area contributed by atoms with Crippen molar-refractivity contribution in [3.63, 3.8) is 0 Å². The van der Waals surface area contributed by atoms with E-state index in [-0.39, 0.29) is 39.2 Å². The number of ether oxygens (including phenoxy) is 1. The number of anilines is 1. The van der Waals surface area contributed by atoms with Gasteiger partial charge in [0.15, 0.2) is 23.2 Å². The van der Waals surface area contributed by atoms with Crippen LogP contribution in [0.4, 0.5) is 14.6 Å². The molecule has 0 unspecified atom stereocenters. The number of carbonyl (C=O) groups is 1. The van der Waals surface area contributed by atoms with Crippen molar-refractivity contribution >= 4 is 29.0 Å². The molecule has 2 N–H and O–H groups in total. The molecule has 2 aromatic rings. The van der Waals surface area contributed by atoms with E-state index in [0.29, 0.717) is 0 Å². The van der Waals surface area contributed by atoms with Crippen molar-refractivity contribution in [3.8, 4) is 17.1 Å². The van der Waals surface area contributed by atoms with Crippen LogP contribution >= 0.6 is 11.6 Å². The number of rotatable bonds is 4. The van der Waals surface area contributed by atoms with Gasteiger partial charge >= 0.3 is 0 Å². The van der Waals surface area contributed by atoms with E-state index in [4.69, 9.17) is 22.1 Å². The molecule has 1 aromatic heterocycles. The summed E-state index contributed by atoms with van der Waals surface area (Å²) in [5.41, 5.74) is 4.99. The van der Waals surface area contributed by atoms with Gasteiger partial charge in [-0.3, -0.25) is 4.79 Å². The topological polar surface area (TPSA) is 78.1 Å². The Morgan fingerprint density at radius 3 is 2.57 bits per heavy atom. The van der Waals surface area contributed by atoms with Gasteiger partial charge in [-0.25, -0.2) is 18.7 Å². The van der Waals surface area contributed by atoms with E-state index in [1.807, 2.05) is 0 Å². The zero-order valence-electron chi connectivity index (χ0n) is 12.3. The number of ketones is 1. The Morgan fingerprint density at radius 2 is 2.04 bits per heavy atom. The summed E-state index contributed by atoms with van der Waals surface area (Å²) in [6.07, 6.45) is 0. The smallest absolute Gasteiger partial charge is 0.179 e. The molecule has 0 atom stereocenters. The SMILES string of the molecule is C=C(F)c1c(N)nc(-c2ccc(Cl)c(OC)c2F)nc1C(C)=O. The Bertz CT molecular complexity index is 825. The van der Waals surface area contributed by atoms with Crippen molar-refractivity contribution in [2.24, 2.45) is 0 Å². The van der Waals surface area contributed by atoms with Gasteiger partial charge in [-0.2, -0.15) is 0 Å². The van der Waals surface area contributed by atoms with E-state index >= 15 is 0 Å². The van der Waals surface area contributed by atoms with Crippen molar-refractivity contribution in [1.82, 2.24) is 9.97 Å². The van der Waals surface area contributed by atoms with Crippen LogP contribution in [0.3, 0.4) is 0 Å². The minimum Gasteiger partial charge on any atom is -0.492 e. The second kappa shape index (κ2) is 6.29. The quantitative estimate of drug-likeness (QED) is 0.860. The highest BCUT2D eigenvalue weighted by Crippen LogP contribution is 2.35. The molecule has 0 fully saturated rings. The van der Waals surface area contributed by atoms with Gasteiger partial charge in [-0.15, -0.1) is 0 Å². The maximum absolute atomic E-state index is 14.4. The van der Waals surface area contributed by atoms with Gasteiger partial charge in [0.2, 0.25) is 0 Å². The van der Waals surface area contributed by atoms with Gasteiger partial charge < -0.3 is 10.5 Å². The third kappa shape index (κ3) is 3.00. The van der Waals surface area contributed by atoms with Crippen molar-refractivity contribution in [2.45, 2.75) is 6.92 Å². The first-order valence-electron chi connectivity index (χ1n) is 6.33. The third-order valence-corrected chi connectivity index (χ3v) is 3.33. The highest BCUT2D eigenvalue weighted by Gasteiger charge is 2.22. The van der Waals surface area contributed by atoms with Gasteiger partial charge in [0, 0.05) is 6.92 Å². The molecule has 0 bridgehead atoms. The number of benzene rings is 1. The van der Waals surface area contributed by atoms with Gasteiger partial charge in [0.1, 0.15) is 17.3 Å². The maximum atomic E-state index is 14.4. The molecule has 0 radical (unpaired) electrons. The van der Waals surface area contributed by atoms with Crippen LogP contribution in [0.15, 0.2) is 18.7 Å². The number of hydrogen-bond acceptors (Lipinski definition) is 5. The molecule has 1 aromatic carbocycles. The Labute approximate surface area is 135 Å². The molecule has 120 valence electrons. The maximum Gasteiger partial charge on any atom is 0.179 e. The summed E-state index contributed by atoms with van der Waals surface area (Å²) >= 11 is 5.82. The van der Waals surface area contributed by atoms with Crippen molar-refractivity contribution in [3.05, 3.63) is 40.8 Å². The van der Waals surface area contributed by atoms with E-state index < -0.39 is 17.4 Å². The average molecular weight is 340 g/mol. The molecular formula is C15H12ClF2N3O2. The van der Waals surface area contributed by atoms with Crippen LogP contribution < -0.4 is 10.5 Å². The van der Waals surface area contributed by atoms with E-state index in [9.17, 15) is 13.6 Å². The van der Waals surface area contributed by atoms with E-state index in [0.717, 1.165) is 0 Å². The molecule has 0 aliphatic heterocycles. The molecule has 2 rings (SSSR count). The van der Waals surface area contributed by atoms with Crippen molar-refractivity contribution in [2.75, 3.05) is 12.8 Å². The molecule has 1 heterocycles. The summed E-state index contributed by atoms with van der Waals surface area (Å²) in [5.74, 6) is -3.04. The number of nitrogens with zero attached hydrogens (tertiary/aromatic N) is 2. The Kier molecular flexibility index (Phi) is 4.60. The molecule has 0 saturated carbocycles. The van der Waals surface area contributed by atoms with Crippen LogP contribution in [0.1, 0.15) is 23.0 Å². The number of Topliss-reactive ketones (excluding diaryl/α,β-unsaturated/α-hetero) is 1. The fourth-order valence-electron chi connectivity index (χ4n) is 2.01. The second-order valence-electron chi connectivity index (χ2n) is 4.56. The van der Waals surface area contributed by atoms with E-state index in [1.165, 1.54) is 26.2 Å². The van der Waals surface area contributed by atoms with Crippen molar-refractivity contribution < 1.29 is 18.3 Å². The monoisotopic (exact) mass is 339 g/mol. The Morgan fingerprint density at radius 1 is 1.39 bits per heavy atom. The first kappa shape index (κ1) is 16.8. The fraction of sp³-hybridized carbons (Fsp3) is 0.133. The standard InChI is InChI=1S/C15H12ClF2N3O2/c1-6(17)10-12(7(2)22)20-15(21-14(10)19)8-4-5-9(16)13(23-3)11(8)18/h4-5H,1H2,2-3H3,(H2,19,20,21). The van der Waals surface area contributed by atoms with Gasteiger partial charge in [-0.1, -0.05) is 18.2 Å². The number of carbonyl (C=O) groups excluding carboxylic acids is 1. The number of nitrogen functional groups attached to an aromatic ring is 1. The zero-order chi connectivity index (χ0) is 17.3. The lowest BCUT2D eigenvalue weighted by molar-refractivity contribution is 0.101. The van der Waals surface area contributed by atoms with Crippen LogP contribution in [-0.4, -0.2) is 22.9 Å². The lowest BCUT2D eigenvalue weighted by Crippen LogP contribution is -2.10. The molecule has 8 heteroatoms.